The largest absolute Gasteiger partial charge is 0.486 e. The van der Waals surface area contributed by atoms with Gasteiger partial charge in [-0.3, -0.25) is 9.67 Å². The Kier molecular flexibility index (Phi) is 5.40. The van der Waals surface area contributed by atoms with E-state index in [0.717, 1.165) is 17.0 Å². The Balaban J connectivity index is 1.82. The fraction of sp³-hybridized carbons (Fsp3) is 0.300. The van der Waals surface area contributed by atoms with Crippen LogP contribution in [0.4, 0.5) is 0 Å². The molecular formula is C20H22N4O2. The molecule has 0 bridgehead atoms. The molecular weight excluding hydrogens is 328 g/mol. The summed E-state index contributed by atoms with van der Waals surface area (Å²) in [5.41, 5.74) is 3.43. The van der Waals surface area contributed by atoms with Crippen LogP contribution in [0.25, 0.3) is 11.4 Å². The quantitative estimate of drug-likeness (QED) is 0.812. The van der Waals surface area contributed by atoms with Gasteiger partial charge in [0.25, 0.3) is 0 Å². The molecule has 1 N–H and O–H groups in total. The number of aromatic nitrogens is 3. The van der Waals surface area contributed by atoms with Crippen LogP contribution in [-0.4, -0.2) is 28.1 Å². The first-order valence-corrected chi connectivity index (χ1v) is 8.42. The lowest BCUT2D eigenvalue weighted by atomic mass is 10.1. The molecule has 0 saturated heterocycles. The summed E-state index contributed by atoms with van der Waals surface area (Å²) in [6.07, 6.45) is 12.4. The summed E-state index contributed by atoms with van der Waals surface area (Å²) in [6.45, 7) is 4.52. The first-order chi connectivity index (χ1) is 12.6. The van der Waals surface area contributed by atoms with Gasteiger partial charge < -0.3 is 14.8 Å². The number of nitrogens with zero attached hydrogens (tertiary/aromatic N) is 3. The van der Waals surface area contributed by atoms with E-state index in [1.54, 1.807) is 25.7 Å². The molecule has 6 heteroatoms. The summed E-state index contributed by atoms with van der Waals surface area (Å²) < 4.78 is 13.1. The van der Waals surface area contributed by atoms with Crippen molar-refractivity contribution < 1.29 is 9.47 Å². The Labute approximate surface area is 153 Å². The van der Waals surface area contributed by atoms with Crippen LogP contribution >= 0.6 is 0 Å². The molecule has 26 heavy (non-hydrogen) atoms. The molecule has 0 aliphatic carbocycles. The smallest absolute Gasteiger partial charge is 0.150 e. The number of hydrogen-bond donors (Lipinski definition) is 1. The van der Waals surface area contributed by atoms with E-state index in [9.17, 15) is 0 Å². The average Bonchev–Trinajstić information content (AvgIpc) is 3.16. The monoisotopic (exact) mass is 350 g/mol. The molecule has 1 aliphatic rings. The zero-order valence-corrected chi connectivity index (χ0v) is 15.1. The van der Waals surface area contributed by atoms with Gasteiger partial charge in [0, 0.05) is 37.3 Å². The van der Waals surface area contributed by atoms with Crippen molar-refractivity contribution in [3.05, 3.63) is 59.8 Å². The van der Waals surface area contributed by atoms with E-state index in [-0.39, 0.29) is 12.3 Å². The predicted molar refractivity (Wildman–Crippen MR) is 99.6 cm³/mol. The molecule has 3 rings (SSSR count). The van der Waals surface area contributed by atoms with Crippen molar-refractivity contribution >= 4 is 0 Å². The molecule has 0 aromatic carbocycles. The van der Waals surface area contributed by atoms with Gasteiger partial charge >= 0.3 is 0 Å². The highest BCUT2D eigenvalue weighted by Crippen LogP contribution is 2.25. The molecule has 134 valence electrons. The van der Waals surface area contributed by atoms with Crippen molar-refractivity contribution in [1.29, 1.82) is 0 Å². The Morgan fingerprint density at radius 1 is 1.35 bits per heavy atom. The van der Waals surface area contributed by atoms with Crippen LogP contribution in [0.15, 0.2) is 54.2 Å². The molecule has 1 unspecified atom stereocenters. The van der Waals surface area contributed by atoms with Gasteiger partial charge in [-0.1, -0.05) is 12.0 Å². The maximum absolute atomic E-state index is 5.97. The fourth-order valence-corrected chi connectivity index (χ4v) is 2.75. The maximum atomic E-state index is 5.97. The van der Waals surface area contributed by atoms with Crippen molar-refractivity contribution in [1.82, 2.24) is 20.1 Å². The van der Waals surface area contributed by atoms with Crippen LogP contribution in [0, 0.1) is 12.3 Å². The summed E-state index contributed by atoms with van der Waals surface area (Å²) in [6, 6.07) is 6.09. The van der Waals surface area contributed by atoms with Crippen LogP contribution in [0.2, 0.25) is 0 Å². The Bertz CT molecular complexity index is 874. The number of hydrogen-bond acceptors (Lipinski definition) is 5. The van der Waals surface area contributed by atoms with E-state index in [0.29, 0.717) is 17.9 Å². The number of nitrogens with one attached hydrogen (secondary N) is 1. The predicted octanol–water partition coefficient (Wildman–Crippen LogP) is 3.02. The number of terminal acetylenes is 1. The molecule has 3 heterocycles. The number of dihydropyridines is 1. The lowest BCUT2D eigenvalue weighted by Crippen LogP contribution is -2.28. The standard InChI is InChI=1S/C20H22N4O2/c1-5-15-11-19(25-4)22-12-18(15)26-13-16-7-6-9-21-20(16)17-8-10-23-24(17)14(2)3/h1,6-12,14,19,22H,13H2,2-4H3. The number of allylic oxidation sites excluding steroid dienone is 1. The molecule has 1 aliphatic heterocycles. The maximum Gasteiger partial charge on any atom is 0.150 e. The van der Waals surface area contributed by atoms with E-state index < -0.39 is 0 Å². The molecule has 0 spiro atoms. The Morgan fingerprint density at radius 2 is 2.19 bits per heavy atom. The first-order valence-electron chi connectivity index (χ1n) is 8.42. The number of methoxy groups -OCH3 is 1. The van der Waals surface area contributed by atoms with Crippen molar-refractivity contribution in [2.45, 2.75) is 32.7 Å². The number of ether oxygens (including phenoxy) is 2. The summed E-state index contributed by atoms with van der Waals surface area (Å²) in [5, 5.41) is 7.47. The van der Waals surface area contributed by atoms with E-state index >= 15 is 0 Å². The van der Waals surface area contributed by atoms with Gasteiger partial charge in [-0.25, -0.2) is 0 Å². The number of rotatable bonds is 6. The molecule has 2 aromatic heterocycles. The SMILES string of the molecule is C#CC1=CC(OC)NC=C1OCc1cccnc1-c1ccnn1C(C)C. The molecule has 0 saturated carbocycles. The van der Waals surface area contributed by atoms with Gasteiger partial charge in [-0.15, -0.1) is 6.42 Å². The van der Waals surface area contributed by atoms with Crippen molar-refractivity contribution in [2.24, 2.45) is 0 Å². The fourth-order valence-electron chi connectivity index (χ4n) is 2.75. The second-order valence-corrected chi connectivity index (χ2v) is 6.11. The minimum atomic E-state index is -0.247. The lowest BCUT2D eigenvalue weighted by molar-refractivity contribution is 0.116. The van der Waals surface area contributed by atoms with Crippen LogP contribution in [0.3, 0.4) is 0 Å². The highest BCUT2D eigenvalue weighted by molar-refractivity contribution is 5.59. The molecule has 0 radical (unpaired) electrons. The first kappa shape index (κ1) is 17.8. The highest BCUT2D eigenvalue weighted by Gasteiger charge is 2.17. The van der Waals surface area contributed by atoms with Crippen LogP contribution in [0.5, 0.6) is 0 Å². The van der Waals surface area contributed by atoms with E-state index in [1.807, 2.05) is 29.0 Å². The molecule has 1 atom stereocenters. The normalized spacial score (nSPS) is 16.5. The van der Waals surface area contributed by atoms with Crippen LogP contribution < -0.4 is 5.32 Å². The van der Waals surface area contributed by atoms with Gasteiger partial charge in [-0.05, 0) is 32.1 Å². The van der Waals surface area contributed by atoms with Crippen LogP contribution in [-0.2, 0) is 16.1 Å². The van der Waals surface area contributed by atoms with E-state index in [1.165, 1.54) is 0 Å². The second kappa shape index (κ2) is 7.89. The topological polar surface area (TPSA) is 61.2 Å². The molecule has 2 aromatic rings. The minimum Gasteiger partial charge on any atom is -0.486 e. The molecule has 0 amide bonds. The minimum absolute atomic E-state index is 0.239. The van der Waals surface area contributed by atoms with Crippen molar-refractivity contribution in [3.8, 4) is 23.7 Å². The summed E-state index contributed by atoms with van der Waals surface area (Å²) in [4.78, 5) is 4.54. The summed E-state index contributed by atoms with van der Waals surface area (Å²) in [7, 11) is 1.61. The third-order valence-electron chi connectivity index (χ3n) is 4.05. The third kappa shape index (κ3) is 3.63. The van der Waals surface area contributed by atoms with E-state index in [4.69, 9.17) is 15.9 Å². The summed E-state index contributed by atoms with van der Waals surface area (Å²) >= 11 is 0. The van der Waals surface area contributed by atoms with Gasteiger partial charge in [0.05, 0.1) is 17.0 Å². The lowest BCUT2D eigenvalue weighted by Gasteiger charge is -2.21. The summed E-state index contributed by atoms with van der Waals surface area (Å²) in [5.74, 6) is 3.24. The van der Waals surface area contributed by atoms with Gasteiger partial charge in [-0.2, -0.15) is 5.10 Å². The van der Waals surface area contributed by atoms with Crippen LogP contribution in [0.1, 0.15) is 25.5 Å². The van der Waals surface area contributed by atoms with Gasteiger partial charge in [0.2, 0.25) is 0 Å². The third-order valence-corrected chi connectivity index (χ3v) is 4.05. The zero-order chi connectivity index (χ0) is 18.5. The van der Waals surface area contributed by atoms with Gasteiger partial charge in [0.1, 0.15) is 12.8 Å². The number of pyridine rings is 1. The van der Waals surface area contributed by atoms with Crippen molar-refractivity contribution in [2.75, 3.05) is 7.11 Å². The Morgan fingerprint density at radius 3 is 2.92 bits per heavy atom. The van der Waals surface area contributed by atoms with Crippen molar-refractivity contribution in [3.63, 3.8) is 0 Å². The highest BCUT2D eigenvalue weighted by atomic mass is 16.5. The molecule has 6 nitrogen and oxygen atoms in total. The average molecular weight is 350 g/mol. The zero-order valence-electron chi connectivity index (χ0n) is 15.1. The molecule has 0 fully saturated rings. The van der Waals surface area contributed by atoms with E-state index in [2.05, 4.69) is 35.2 Å². The Hall–Kier alpha value is -3.04. The second-order valence-electron chi connectivity index (χ2n) is 6.11. The van der Waals surface area contributed by atoms with Gasteiger partial charge in [0.15, 0.2) is 5.76 Å².